The van der Waals surface area contributed by atoms with Gasteiger partial charge in [-0.3, -0.25) is 0 Å². The van der Waals surface area contributed by atoms with Crippen LogP contribution in [0.2, 0.25) is 0 Å². The minimum Gasteiger partial charge on any atom is -0.464 e. The van der Waals surface area contributed by atoms with Crippen molar-refractivity contribution in [3.63, 3.8) is 0 Å². The van der Waals surface area contributed by atoms with E-state index in [1.165, 1.54) is 7.11 Å². The Balaban J connectivity index is 1.65. The fraction of sp³-hybridized carbons (Fsp3) is 0.200. The lowest BCUT2D eigenvalue weighted by molar-refractivity contribution is 0.0593. The molecule has 0 atom stereocenters. The number of aromatic amines is 1. The second kappa shape index (κ2) is 7.41. The Kier molecular flexibility index (Phi) is 4.58. The minimum atomic E-state index is -0.473. The van der Waals surface area contributed by atoms with Crippen LogP contribution in [-0.2, 0) is 11.2 Å². The summed E-state index contributed by atoms with van der Waals surface area (Å²) in [5, 5.41) is 0.848. The number of rotatable bonds is 5. The number of pyridine rings is 1. The van der Waals surface area contributed by atoms with Gasteiger partial charge in [-0.05, 0) is 59.7 Å². The van der Waals surface area contributed by atoms with Gasteiger partial charge in [0.25, 0.3) is 0 Å². The highest BCUT2D eigenvalue weighted by Crippen LogP contribution is 2.43. The second-order valence-electron chi connectivity index (χ2n) is 7.72. The van der Waals surface area contributed by atoms with E-state index in [4.69, 9.17) is 4.74 Å². The van der Waals surface area contributed by atoms with Crippen LogP contribution in [0.1, 0.15) is 46.1 Å². The molecule has 0 spiro atoms. The zero-order chi connectivity index (χ0) is 20.7. The fourth-order valence-electron chi connectivity index (χ4n) is 4.01. The number of H-pyrrole nitrogens is 1. The van der Waals surface area contributed by atoms with Crippen LogP contribution in [0.15, 0.2) is 60.7 Å². The third-order valence-corrected chi connectivity index (χ3v) is 5.66. The lowest BCUT2D eigenvalue weighted by Crippen LogP contribution is -2.06. The Morgan fingerprint density at radius 3 is 2.67 bits per heavy atom. The highest BCUT2D eigenvalue weighted by atomic mass is 19.1. The minimum absolute atomic E-state index is 0.152. The van der Waals surface area contributed by atoms with Crippen molar-refractivity contribution in [2.45, 2.75) is 25.2 Å². The molecule has 30 heavy (non-hydrogen) atoms. The average Bonchev–Trinajstić information content (AvgIpc) is 3.57. The molecule has 0 unspecified atom stereocenters. The van der Waals surface area contributed by atoms with E-state index in [0.29, 0.717) is 12.3 Å². The number of nitrogens with one attached hydrogen (secondary N) is 1. The maximum atomic E-state index is 14.9. The number of ether oxygens (including phenoxy) is 1. The van der Waals surface area contributed by atoms with E-state index in [1.54, 1.807) is 18.2 Å². The third kappa shape index (κ3) is 3.36. The van der Waals surface area contributed by atoms with Crippen LogP contribution in [0.5, 0.6) is 0 Å². The van der Waals surface area contributed by atoms with Crippen molar-refractivity contribution in [1.82, 2.24) is 9.97 Å². The summed E-state index contributed by atoms with van der Waals surface area (Å²) in [6.07, 6.45) is 2.56. The van der Waals surface area contributed by atoms with Gasteiger partial charge in [-0.15, -0.1) is 0 Å². The molecule has 0 amide bonds. The normalized spacial score (nSPS) is 13.5. The quantitative estimate of drug-likeness (QED) is 0.442. The molecule has 2 aromatic heterocycles. The third-order valence-electron chi connectivity index (χ3n) is 5.66. The number of aromatic nitrogens is 2. The lowest BCUT2D eigenvalue weighted by Gasteiger charge is -2.07. The maximum Gasteiger partial charge on any atom is 0.356 e. The predicted molar refractivity (Wildman–Crippen MR) is 114 cm³/mol. The maximum absolute atomic E-state index is 14.9. The number of esters is 1. The zero-order valence-electron chi connectivity index (χ0n) is 16.6. The number of methoxy groups -OCH3 is 1. The van der Waals surface area contributed by atoms with Gasteiger partial charge in [0.1, 0.15) is 11.5 Å². The predicted octanol–water partition coefficient (Wildman–Crippen LogP) is 5.62. The van der Waals surface area contributed by atoms with Gasteiger partial charge in [0.15, 0.2) is 0 Å². The van der Waals surface area contributed by atoms with Gasteiger partial charge in [-0.1, -0.05) is 36.4 Å². The van der Waals surface area contributed by atoms with Gasteiger partial charge >= 0.3 is 5.97 Å². The Morgan fingerprint density at radius 1 is 1.13 bits per heavy atom. The van der Waals surface area contributed by atoms with Gasteiger partial charge in [0.2, 0.25) is 0 Å². The van der Waals surface area contributed by atoms with E-state index >= 15 is 0 Å². The highest BCUT2D eigenvalue weighted by Gasteiger charge is 2.28. The Morgan fingerprint density at radius 2 is 1.93 bits per heavy atom. The molecule has 1 aliphatic carbocycles. The van der Waals surface area contributed by atoms with E-state index in [0.717, 1.165) is 51.8 Å². The summed E-state index contributed by atoms with van der Waals surface area (Å²) in [5.74, 6) is -0.292. The average molecular weight is 400 g/mol. The molecule has 1 N–H and O–H groups in total. The smallest absolute Gasteiger partial charge is 0.356 e. The van der Waals surface area contributed by atoms with Crippen LogP contribution >= 0.6 is 0 Å². The van der Waals surface area contributed by atoms with Gasteiger partial charge in [0, 0.05) is 23.0 Å². The number of benzene rings is 2. The van der Waals surface area contributed by atoms with E-state index in [-0.39, 0.29) is 11.5 Å². The van der Waals surface area contributed by atoms with Crippen LogP contribution in [0.3, 0.4) is 0 Å². The van der Waals surface area contributed by atoms with Crippen molar-refractivity contribution in [2.75, 3.05) is 7.11 Å². The molecule has 4 nitrogen and oxygen atoms in total. The first kappa shape index (κ1) is 18.6. The molecule has 0 bridgehead atoms. The first-order chi connectivity index (χ1) is 14.6. The van der Waals surface area contributed by atoms with Crippen LogP contribution in [-0.4, -0.2) is 23.0 Å². The van der Waals surface area contributed by atoms with Gasteiger partial charge in [0.05, 0.1) is 12.8 Å². The summed E-state index contributed by atoms with van der Waals surface area (Å²) in [5.41, 5.74) is 5.65. The number of carbonyl (C=O) groups excluding carboxylic acids is 1. The fourth-order valence-corrected chi connectivity index (χ4v) is 4.01. The SMILES string of the molecule is COC(=O)c1cccc(Cc2c(-c3ccccc3)[nH]c3cc(C4CC4)c(F)cc23)n1. The molecule has 0 radical (unpaired) electrons. The van der Waals surface area contributed by atoms with Gasteiger partial charge in [-0.25, -0.2) is 14.2 Å². The molecule has 5 rings (SSSR count). The Labute approximate surface area is 173 Å². The van der Waals surface area contributed by atoms with Crippen LogP contribution < -0.4 is 0 Å². The zero-order valence-corrected chi connectivity index (χ0v) is 16.6. The molecular formula is C25H21FN2O2. The summed E-state index contributed by atoms with van der Waals surface area (Å²) in [6.45, 7) is 0. The van der Waals surface area contributed by atoms with Crippen LogP contribution in [0.25, 0.3) is 22.2 Å². The molecule has 1 aliphatic rings. The van der Waals surface area contributed by atoms with E-state index < -0.39 is 5.97 Å². The first-order valence-electron chi connectivity index (χ1n) is 10.1. The molecule has 0 aliphatic heterocycles. The topological polar surface area (TPSA) is 55.0 Å². The van der Waals surface area contributed by atoms with Crippen molar-refractivity contribution in [1.29, 1.82) is 0 Å². The highest BCUT2D eigenvalue weighted by molar-refractivity contribution is 5.92. The number of carbonyl (C=O) groups is 1. The largest absolute Gasteiger partial charge is 0.464 e. The van der Waals surface area contributed by atoms with Crippen LogP contribution in [0, 0.1) is 5.82 Å². The van der Waals surface area contributed by atoms with Gasteiger partial charge in [-0.2, -0.15) is 0 Å². The lowest BCUT2D eigenvalue weighted by atomic mass is 9.99. The number of halogens is 1. The summed E-state index contributed by atoms with van der Waals surface area (Å²) in [6, 6.07) is 18.9. The van der Waals surface area contributed by atoms with Gasteiger partial charge < -0.3 is 9.72 Å². The first-order valence-corrected chi connectivity index (χ1v) is 10.1. The summed E-state index contributed by atoms with van der Waals surface area (Å²) in [4.78, 5) is 19.8. The van der Waals surface area contributed by atoms with Crippen molar-refractivity contribution < 1.29 is 13.9 Å². The number of fused-ring (bicyclic) bond motifs is 1. The van der Waals surface area contributed by atoms with E-state index in [2.05, 4.69) is 9.97 Å². The summed E-state index contributed by atoms with van der Waals surface area (Å²) in [7, 11) is 1.34. The standard InChI is InChI=1S/C25H21FN2O2/c1-30-25(29)22-9-5-8-17(27-22)12-20-19-13-21(26)18(15-10-11-15)14-23(19)28-24(20)16-6-3-2-4-7-16/h2-9,13-15,28H,10-12H2,1H3. The van der Waals surface area contributed by atoms with Crippen molar-refractivity contribution in [2.24, 2.45) is 0 Å². The second-order valence-corrected chi connectivity index (χ2v) is 7.72. The van der Waals surface area contributed by atoms with Crippen molar-refractivity contribution in [3.8, 4) is 11.3 Å². The summed E-state index contributed by atoms with van der Waals surface area (Å²) >= 11 is 0. The molecule has 4 aromatic rings. The molecule has 1 fully saturated rings. The Hall–Kier alpha value is -3.47. The molecule has 2 heterocycles. The monoisotopic (exact) mass is 400 g/mol. The van der Waals surface area contributed by atoms with Crippen molar-refractivity contribution >= 4 is 16.9 Å². The number of hydrogen-bond acceptors (Lipinski definition) is 3. The van der Waals surface area contributed by atoms with E-state index in [1.807, 2.05) is 42.5 Å². The Bertz CT molecular complexity index is 1240. The van der Waals surface area contributed by atoms with Crippen LogP contribution in [0.4, 0.5) is 4.39 Å². The molecule has 5 heteroatoms. The summed E-state index contributed by atoms with van der Waals surface area (Å²) < 4.78 is 19.7. The number of hydrogen-bond donors (Lipinski definition) is 1. The molecule has 0 saturated heterocycles. The number of nitrogens with zero attached hydrogens (tertiary/aromatic N) is 1. The van der Waals surface area contributed by atoms with E-state index in [9.17, 15) is 9.18 Å². The van der Waals surface area contributed by atoms with Crippen molar-refractivity contribution in [3.05, 3.63) is 89.0 Å². The molecule has 2 aromatic carbocycles. The molecule has 1 saturated carbocycles. The molecule has 150 valence electrons. The molecular weight excluding hydrogens is 379 g/mol.